The van der Waals surface area contributed by atoms with Crippen LogP contribution >= 0.6 is 0 Å². The van der Waals surface area contributed by atoms with E-state index in [2.05, 4.69) is 6.92 Å². The van der Waals surface area contributed by atoms with Crippen LogP contribution < -0.4 is 22.9 Å². The molecule has 0 aromatic rings. The first-order valence-electron chi connectivity index (χ1n) is 8.06. The van der Waals surface area contributed by atoms with E-state index in [1.807, 2.05) is 0 Å². The van der Waals surface area contributed by atoms with E-state index in [9.17, 15) is 0 Å². The van der Waals surface area contributed by atoms with Gasteiger partial charge in [-0.2, -0.15) is 0 Å². The third kappa shape index (κ3) is 9.38. The van der Waals surface area contributed by atoms with E-state index in [0.717, 1.165) is 38.6 Å². The molecule has 116 valence electrons. The summed E-state index contributed by atoms with van der Waals surface area (Å²) in [4.78, 5) is 0. The van der Waals surface area contributed by atoms with Crippen LogP contribution in [0.2, 0.25) is 0 Å². The molecular weight excluding hydrogens is 236 g/mol. The smallest absolute Gasteiger partial charge is 0.0666 e. The van der Waals surface area contributed by atoms with E-state index in [0.29, 0.717) is 12.5 Å². The van der Waals surface area contributed by atoms with Crippen molar-refractivity contribution in [3.63, 3.8) is 0 Å². The molecule has 0 saturated heterocycles. The predicted molar refractivity (Wildman–Crippen MR) is 84.5 cm³/mol. The summed E-state index contributed by atoms with van der Waals surface area (Å²) in [5, 5.41) is 0. The molecule has 0 heterocycles. The summed E-state index contributed by atoms with van der Waals surface area (Å²) in [6.45, 7) is 3.62. The van der Waals surface area contributed by atoms with E-state index >= 15 is 0 Å². The van der Waals surface area contributed by atoms with Crippen LogP contribution in [-0.2, 0) is 0 Å². The van der Waals surface area contributed by atoms with Crippen molar-refractivity contribution < 1.29 is 0 Å². The maximum absolute atomic E-state index is 6.31. The minimum Gasteiger partial charge on any atom is -0.330 e. The predicted octanol–water partition coefficient (Wildman–Crippen LogP) is 2.05. The van der Waals surface area contributed by atoms with E-state index in [4.69, 9.17) is 22.9 Å². The number of hydrogen-bond acceptors (Lipinski definition) is 4. The van der Waals surface area contributed by atoms with Gasteiger partial charge in [-0.15, -0.1) is 0 Å². The van der Waals surface area contributed by atoms with Crippen LogP contribution in [0.4, 0.5) is 0 Å². The average molecular weight is 272 g/mol. The lowest BCUT2D eigenvalue weighted by molar-refractivity contribution is 0.220. The normalized spacial score (nSPS) is 13.7. The summed E-state index contributed by atoms with van der Waals surface area (Å²) in [5.74, 6) is 0.379. The van der Waals surface area contributed by atoms with Crippen LogP contribution in [-0.4, -0.2) is 18.8 Å². The minimum absolute atomic E-state index is 0.379. The SMILES string of the molecule is CCCCCCCC(CCCN)C(N)(N)CCCN. The second-order valence-electron chi connectivity index (χ2n) is 5.84. The van der Waals surface area contributed by atoms with E-state index < -0.39 is 5.66 Å². The standard InChI is InChI=1S/C15H36N4/c1-2-3-4-5-6-9-14(10-7-12-16)15(18,19)11-8-13-17/h14H,2-13,16-19H2,1H3. The molecule has 4 heteroatoms. The fourth-order valence-corrected chi connectivity index (χ4v) is 2.65. The van der Waals surface area contributed by atoms with Crippen molar-refractivity contribution in [3.8, 4) is 0 Å². The Bertz CT molecular complexity index is 195. The lowest BCUT2D eigenvalue weighted by Gasteiger charge is -2.34. The van der Waals surface area contributed by atoms with E-state index in [1.54, 1.807) is 0 Å². The maximum Gasteiger partial charge on any atom is 0.0666 e. The van der Waals surface area contributed by atoms with Gasteiger partial charge < -0.3 is 22.9 Å². The van der Waals surface area contributed by atoms with Crippen molar-refractivity contribution in [3.05, 3.63) is 0 Å². The van der Waals surface area contributed by atoms with Gasteiger partial charge in [0.2, 0.25) is 0 Å². The van der Waals surface area contributed by atoms with Crippen molar-refractivity contribution in [2.75, 3.05) is 13.1 Å². The highest BCUT2D eigenvalue weighted by molar-refractivity contribution is 4.85. The molecule has 0 aromatic heterocycles. The number of hydrogen-bond donors (Lipinski definition) is 4. The van der Waals surface area contributed by atoms with Gasteiger partial charge in [0.1, 0.15) is 0 Å². The molecule has 0 rings (SSSR count). The van der Waals surface area contributed by atoms with Gasteiger partial charge in [-0.1, -0.05) is 39.0 Å². The monoisotopic (exact) mass is 272 g/mol. The highest BCUT2D eigenvalue weighted by atomic mass is 15.0. The molecule has 0 aromatic carbocycles. The largest absolute Gasteiger partial charge is 0.330 e. The molecule has 4 nitrogen and oxygen atoms in total. The first kappa shape index (κ1) is 18.8. The van der Waals surface area contributed by atoms with Gasteiger partial charge in [0.15, 0.2) is 0 Å². The molecule has 0 radical (unpaired) electrons. The molecule has 0 amide bonds. The quantitative estimate of drug-likeness (QED) is 0.304. The van der Waals surface area contributed by atoms with Crippen LogP contribution in [0.5, 0.6) is 0 Å². The Morgan fingerprint density at radius 1 is 0.789 bits per heavy atom. The van der Waals surface area contributed by atoms with Crippen LogP contribution in [0.3, 0.4) is 0 Å². The fourth-order valence-electron chi connectivity index (χ4n) is 2.65. The zero-order valence-corrected chi connectivity index (χ0v) is 12.9. The zero-order valence-electron chi connectivity index (χ0n) is 12.9. The molecule has 1 unspecified atom stereocenters. The van der Waals surface area contributed by atoms with Crippen LogP contribution in [0.1, 0.15) is 71.1 Å². The molecule has 0 aliphatic heterocycles. The highest BCUT2D eigenvalue weighted by Crippen LogP contribution is 2.26. The molecule has 0 aliphatic rings. The van der Waals surface area contributed by atoms with Gasteiger partial charge in [0.25, 0.3) is 0 Å². The molecule has 0 bridgehead atoms. The Kier molecular flexibility index (Phi) is 11.6. The van der Waals surface area contributed by atoms with Crippen molar-refractivity contribution in [2.24, 2.45) is 28.9 Å². The summed E-state index contributed by atoms with van der Waals surface area (Å²) in [6.07, 6.45) is 11.4. The van der Waals surface area contributed by atoms with Crippen molar-refractivity contribution >= 4 is 0 Å². The number of rotatable bonds is 13. The summed E-state index contributed by atoms with van der Waals surface area (Å²) < 4.78 is 0. The summed E-state index contributed by atoms with van der Waals surface area (Å²) in [6, 6.07) is 0. The van der Waals surface area contributed by atoms with Crippen LogP contribution in [0.25, 0.3) is 0 Å². The Balaban J connectivity index is 4.12. The maximum atomic E-state index is 6.31. The van der Waals surface area contributed by atoms with Crippen molar-refractivity contribution in [1.29, 1.82) is 0 Å². The molecule has 19 heavy (non-hydrogen) atoms. The summed E-state index contributed by atoms with van der Waals surface area (Å²) >= 11 is 0. The summed E-state index contributed by atoms with van der Waals surface area (Å²) in [7, 11) is 0. The van der Waals surface area contributed by atoms with E-state index in [-0.39, 0.29) is 0 Å². The Morgan fingerprint density at radius 2 is 1.37 bits per heavy atom. The van der Waals surface area contributed by atoms with Gasteiger partial charge in [0.05, 0.1) is 5.66 Å². The average Bonchev–Trinajstić information content (AvgIpc) is 2.39. The molecular formula is C15H36N4. The number of nitrogens with two attached hydrogens (primary N) is 4. The molecule has 1 atom stereocenters. The van der Waals surface area contributed by atoms with Crippen LogP contribution in [0.15, 0.2) is 0 Å². The molecule has 0 saturated carbocycles. The second kappa shape index (κ2) is 11.6. The van der Waals surface area contributed by atoms with Crippen molar-refractivity contribution in [1.82, 2.24) is 0 Å². The topological polar surface area (TPSA) is 104 Å². The summed E-state index contributed by atoms with van der Waals surface area (Å²) in [5.41, 5.74) is 23.2. The Hall–Kier alpha value is -0.160. The lowest BCUT2D eigenvalue weighted by Crippen LogP contribution is -2.55. The van der Waals surface area contributed by atoms with Gasteiger partial charge in [-0.05, 0) is 51.1 Å². The molecule has 0 spiro atoms. The molecule has 0 aliphatic carbocycles. The molecule has 0 fully saturated rings. The van der Waals surface area contributed by atoms with Gasteiger partial charge in [0, 0.05) is 0 Å². The van der Waals surface area contributed by atoms with Crippen LogP contribution in [0, 0.1) is 5.92 Å². The minimum atomic E-state index is -0.570. The Labute approximate surface area is 119 Å². The van der Waals surface area contributed by atoms with Gasteiger partial charge in [-0.3, -0.25) is 0 Å². The third-order valence-electron chi connectivity index (χ3n) is 3.99. The zero-order chi connectivity index (χ0) is 14.6. The van der Waals surface area contributed by atoms with Gasteiger partial charge in [-0.25, -0.2) is 0 Å². The second-order valence-corrected chi connectivity index (χ2v) is 5.84. The first-order valence-corrected chi connectivity index (χ1v) is 8.06. The van der Waals surface area contributed by atoms with Gasteiger partial charge >= 0.3 is 0 Å². The Morgan fingerprint density at radius 3 is 1.95 bits per heavy atom. The highest BCUT2D eigenvalue weighted by Gasteiger charge is 2.29. The van der Waals surface area contributed by atoms with Crippen molar-refractivity contribution in [2.45, 2.75) is 76.8 Å². The third-order valence-corrected chi connectivity index (χ3v) is 3.99. The lowest BCUT2D eigenvalue weighted by atomic mass is 9.82. The first-order chi connectivity index (χ1) is 9.08. The molecule has 8 N–H and O–H groups in total. The van der Waals surface area contributed by atoms with E-state index in [1.165, 1.54) is 32.1 Å². The fraction of sp³-hybridized carbons (Fsp3) is 1.00. The number of unbranched alkanes of at least 4 members (excludes halogenated alkanes) is 4.